The van der Waals surface area contributed by atoms with Crippen molar-refractivity contribution in [1.29, 1.82) is 0 Å². The molecule has 0 rings (SSSR count). The van der Waals surface area contributed by atoms with Crippen LogP contribution in [0.5, 0.6) is 0 Å². The Morgan fingerprint density at radius 3 is 1.77 bits per heavy atom. The lowest BCUT2D eigenvalue weighted by molar-refractivity contribution is -0.870. The number of quaternary nitrogens is 1. The normalized spacial score (nSPS) is 11.6. The summed E-state index contributed by atoms with van der Waals surface area (Å²) < 4.78 is 0.967. The Morgan fingerprint density at radius 2 is 1.27 bits per heavy atom. The van der Waals surface area contributed by atoms with Crippen LogP contribution in [-0.2, 0) is 4.79 Å². The van der Waals surface area contributed by atoms with E-state index in [9.17, 15) is 4.79 Å². The van der Waals surface area contributed by atoms with Gasteiger partial charge in [0.2, 0.25) is 5.91 Å². The number of rotatable bonds is 15. The van der Waals surface area contributed by atoms with E-state index >= 15 is 0 Å². The summed E-state index contributed by atoms with van der Waals surface area (Å²) in [6, 6.07) is 0. The lowest BCUT2D eigenvalue weighted by Gasteiger charge is -2.23. The molecule has 0 unspecified atom stereocenters. The largest absolute Gasteiger partial charge is 0.356 e. The summed E-state index contributed by atoms with van der Waals surface area (Å²) in [6.07, 6.45) is 15.0. The van der Waals surface area contributed by atoms with Crippen LogP contribution in [0, 0.1) is 0 Å². The van der Waals surface area contributed by atoms with Crippen molar-refractivity contribution in [3.05, 3.63) is 0 Å². The van der Waals surface area contributed by atoms with E-state index in [1.165, 1.54) is 57.8 Å². The van der Waals surface area contributed by atoms with E-state index in [1.54, 1.807) is 0 Å². The Bertz CT molecular complexity index is 259. The van der Waals surface area contributed by atoms with Gasteiger partial charge in [0.25, 0.3) is 0 Å². The topological polar surface area (TPSA) is 29.1 Å². The molecule has 1 N–H and O–H groups in total. The van der Waals surface area contributed by atoms with Gasteiger partial charge in [-0.2, -0.15) is 0 Å². The highest BCUT2D eigenvalue weighted by Gasteiger charge is 2.06. The standard InChI is InChI=1S/C19H40N2O/c1-5-6-7-8-9-10-11-12-13-14-16-19(22)20-17-15-18-21(2,3)4/h5-18H2,1-4H3/p+1. The van der Waals surface area contributed by atoms with Crippen molar-refractivity contribution >= 4 is 5.91 Å². The van der Waals surface area contributed by atoms with Crippen molar-refractivity contribution < 1.29 is 9.28 Å². The number of unbranched alkanes of at least 4 members (excludes halogenated alkanes) is 9. The average Bonchev–Trinajstić information content (AvgIpc) is 2.44. The number of hydrogen-bond acceptors (Lipinski definition) is 1. The predicted octanol–water partition coefficient (Wildman–Crippen LogP) is 4.51. The minimum absolute atomic E-state index is 0.237. The summed E-state index contributed by atoms with van der Waals surface area (Å²) in [4.78, 5) is 11.7. The number of nitrogens with one attached hydrogen (secondary N) is 1. The van der Waals surface area contributed by atoms with Crippen LogP contribution in [0.3, 0.4) is 0 Å². The maximum atomic E-state index is 11.7. The fourth-order valence-corrected chi connectivity index (χ4v) is 2.64. The van der Waals surface area contributed by atoms with Crippen molar-refractivity contribution in [3.63, 3.8) is 0 Å². The van der Waals surface area contributed by atoms with E-state index in [0.717, 1.165) is 30.4 Å². The van der Waals surface area contributed by atoms with E-state index < -0.39 is 0 Å². The SMILES string of the molecule is CCCCCCCCCCCCC(=O)NCCC[N+](C)(C)C. The molecule has 0 aromatic heterocycles. The number of carbonyl (C=O) groups is 1. The van der Waals surface area contributed by atoms with Crippen LogP contribution < -0.4 is 5.32 Å². The van der Waals surface area contributed by atoms with Crippen molar-refractivity contribution in [2.45, 2.75) is 84.0 Å². The molecule has 0 saturated carbocycles. The maximum absolute atomic E-state index is 11.7. The first kappa shape index (κ1) is 21.4. The predicted molar refractivity (Wildman–Crippen MR) is 97.0 cm³/mol. The van der Waals surface area contributed by atoms with Gasteiger partial charge in [0.1, 0.15) is 0 Å². The molecule has 0 aliphatic carbocycles. The molecule has 132 valence electrons. The van der Waals surface area contributed by atoms with Gasteiger partial charge in [-0.1, -0.05) is 64.7 Å². The molecule has 22 heavy (non-hydrogen) atoms. The van der Waals surface area contributed by atoms with Gasteiger partial charge in [-0.3, -0.25) is 4.79 Å². The third-order valence-corrected chi connectivity index (χ3v) is 4.09. The molecule has 3 heteroatoms. The van der Waals surface area contributed by atoms with Crippen molar-refractivity contribution in [1.82, 2.24) is 5.32 Å². The van der Waals surface area contributed by atoms with E-state index in [0.29, 0.717) is 6.42 Å². The Balaban J connectivity index is 3.22. The number of hydrogen-bond donors (Lipinski definition) is 1. The summed E-state index contributed by atoms with van der Waals surface area (Å²) in [7, 11) is 6.56. The first-order chi connectivity index (χ1) is 10.5. The number of carbonyl (C=O) groups excluding carboxylic acids is 1. The Kier molecular flexibility index (Phi) is 13.7. The summed E-state index contributed by atoms with van der Waals surface area (Å²) >= 11 is 0. The molecule has 0 aliphatic heterocycles. The van der Waals surface area contributed by atoms with Gasteiger partial charge in [-0.15, -0.1) is 0 Å². The molecule has 0 atom stereocenters. The van der Waals surface area contributed by atoms with Gasteiger partial charge in [0, 0.05) is 19.4 Å². The van der Waals surface area contributed by atoms with Crippen LogP contribution in [0.4, 0.5) is 0 Å². The lowest BCUT2D eigenvalue weighted by atomic mass is 10.1. The molecule has 0 fully saturated rings. The molecule has 1 amide bonds. The van der Waals surface area contributed by atoms with Gasteiger partial charge in [0.15, 0.2) is 0 Å². The minimum atomic E-state index is 0.237. The zero-order valence-corrected chi connectivity index (χ0v) is 15.8. The Hall–Kier alpha value is -0.570. The molecule has 0 aromatic rings. The quantitative estimate of drug-likeness (QED) is 0.350. The van der Waals surface area contributed by atoms with Gasteiger partial charge >= 0.3 is 0 Å². The third kappa shape index (κ3) is 17.5. The maximum Gasteiger partial charge on any atom is 0.219 e. The van der Waals surface area contributed by atoms with Crippen molar-refractivity contribution in [2.75, 3.05) is 34.2 Å². The molecule has 0 aliphatic rings. The molecule has 3 nitrogen and oxygen atoms in total. The van der Waals surface area contributed by atoms with Crippen LogP contribution in [0.25, 0.3) is 0 Å². The highest BCUT2D eigenvalue weighted by atomic mass is 16.1. The first-order valence-corrected chi connectivity index (χ1v) is 9.53. The number of nitrogens with zero attached hydrogens (tertiary/aromatic N) is 1. The van der Waals surface area contributed by atoms with E-state index in [2.05, 4.69) is 33.4 Å². The second-order valence-corrected chi connectivity index (χ2v) is 7.65. The molecule has 0 heterocycles. The average molecular weight is 314 g/mol. The molecular weight excluding hydrogens is 272 g/mol. The zero-order chi connectivity index (χ0) is 16.7. The highest BCUT2D eigenvalue weighted by Crippen LogP contribution is 2.11. The fourth-order valence-electron chi connectivity index (χ4n) is 2.64. The van der Waals surface area contributed by atoms with Gasteiger partial charge in [-0.25, -0.2) is 0 Å². The Morgan fingerprint density at radius 1 is 0.773 bits per heavy atom. The van der Waals surface area contributed by atoms with Gasteiger partial charge in [0.05, 0.1) is 27.7 Å². The molecule has 0 spiro atoms. The molecule has 0 bridgehead atoms. The number of amides is 1. The second kappa shape index (κ2) is 14.0. The van der Waals surface area contributed by atoms with Gasteiger partial charge in [-0.05, 0) is 6.42 Å². The second-order valence-electron chi connectivity index (χ2n) is 7.65. The summed E-state index contributed by atoms with van der Waals surface area (Å²) in [5, 5.41) is 3.04. The van der Waals surface area contributed by atoms with E-state index in [4.69, 9.17) is 0 Å². The van der Waals surface area contributed by atoms with Crippen LogP contribution in [-0.4, -0.2) is 44.6 Å². The molecule has 0 radical (unpaired) electrons. The van der Waals surface area contributed by atoms with E-state index in [1.807, 2.05) is 0 Å². The van der Waals surface area contributed by atoms with Gasteiger partial charge < -0.3 is 9.80 Å². The van der Waals surface area contributed by atoms with Crippen LogP contribution in [0.1, 0.15) is 84.0 Å². The van der Waals surface area contributed by atoms with E-state index in [-0.39, 0.29) is 5.91 Å². The highest BCUT2D eigenvalue weighted by molar-refractivity contribution is 5.75. The Labute approximate surface area is 139 Å². The third-order valence-electron chi connectivity index (χ3n) is 4.09. The molecular formula is C19H41N2O+. The lowest BCUT2D eigenvalue weighted by Crippen LogP contribution is -2.37. The fraction of sp³-hybridized carbons (Fsp3) is 0.947. The smallest absolute Gasteiger partial charge is 0.219 e. The minimum Gasteiger partial charge on any atom is -0.356 e. The summed E-state index contributed by atoms with van der Waals surface area (Å²) in [6.45, 7) is 4.20. The summed E-state index contributed by atoms with van der Waals surface area (Å²) in [5.41, 5.74) is 0. The van der Waals surface area contributed by atoms with Crippen LogP contribution >= 0.6 is 0 Å². The molecule has 0 aromatic carbocycles. The zero-order valence-electron chi connectivity index (χ0n) is 15.8. The monoisotopic (exact) mass is 313 g/mol. The summed E-state index contributed by atoms with van der Waals surface area (Å²) in [5.74, 6) is 0.237. The van der Waals surface area contributed by atoms with Crippen molar-refractivity contribution in [3.8, 4) is 0 Å². The molecule has 0 saturated heterocycles. The first-order valence-electron chi connectivity index (χ1n) is 9.53. The van der Waals surface area contributed by atoms with Crippen LogP contribution in [0.2, 0.25) is 0 Å². The van der Waals surface area contributed by atoms with Crippen LogP contribution in [0.15, 0.2) is 0 Å². The van der Waals surface area contributed by atoms with Crippen molar-refractivity contribution in [2.24, 2.45) is 0 Å².